The standard InChI is InChI=1S/C11H10N2O2S/c1-16(14,15)11-6-5-9(8-13-11)10-4-2-3-7-12-10/h2-8H,1H3. The third-order valence-electron chi connectivity index (χ3n) is 2.08. The molecule has 0 aromatic carbocycles. The normalized spacial score (nSPS) is 11.3. The molecule has 0 unspecified atom stereocenters. The molecule has 0 N–H and O–H groups in total. The molecule has 2 rings (SSSR count). The van der Waals surface area contributed by atoms with Crippen LogP contribution in [-0.4, -0.2) is 24.6 Å². The molecule has 2 aromatic rings. The Bertz CT molecular complexity index is 577. The Labute approximate surface area is 93.9 Å². The van der Waals surface area contributed by atoms with Crippen molar-refractivity contribution in [3.05, 3.63) is 42.7 Å². The maximum absolute atomic E-state index is 11.2. The molecule has 0 saturated heterocycles. The number of aromatic nitrogens is 2. The van der Waals surface area contributed by atoms with Crippen LogP contribution in [0.15, 0.2) is 47.8 Å². The van der Waals surface area contributed by atoms with Gasteiger partial charge in [0.15, 0.2) is 14.9 Å². The van der Waals surface area contributed by atoms with E-state index in [2.05, 4.69) is 9.97 Å². The fourth-order valence-corrected chi connectivity index (χ4v) is 1.84. The predicted molar refractivity (Wildman–Crippen MR) is 60.6 cm³/mol. The highest BCUT2D eigenvalue weighted by atomic mass is 32.2. The van der Waals surface area contributed by atoms with Gasteiger partial charge in [-0.1, -0.05) is 6.07 Å². The van der Waals surface area contributed by atoms with Gasteiger partial charge in [-0.2, -0.15) is 0 Å². The SMILES string of the molecule is CS(=O)(=O)c1ccc(-c2ccccn2)cn1. The Hall–Kier alpha value is -1.75. The van der Waals surface area contributed by atoms with E-state index in [0.29, 0.717) is 0 Å². The molecule has 0 saturated carbocycles. The maximum atomic E-state index is 11.2. The van der Waals surface area contributed by atoms with E-state index in [1.54, 1.807) is 12.3 Å². The van der Waals surface area contributed by atoms with Gasteiger partial charge >= 0.3 is 0 Å². The van der Waals surface area contributed by atoms with Crippen molar-refractivity contribution in [1.82, 2.24) is 9.97 Å². The molecule has 0 fully saturated rings. The number of hydrogen-bond acceptors (Lipinski definition) is 4. The lowest BCUT2D eigenvalue weighted by Gasteiger charge is -2.01. The van der Waals surface area contributed by atoms with Gasteiger partial charge < -0.3 is 0 Å². The topological polar surface area (TPSA) is 59.9 Å². The van der Waals surface area contributed by atoms with Crippen LogP contribution in [0.25, 0.3) is 11.3 Å². The molecule has 0 aliphatic carbocycles. The van der Waals surface area contributed by atoms with Crippen LogP contribution in [0.1, 0.15) is 0 Å². The lowest BCUT2D eigenvalue weighted by atomic mass is 10.2. The molecule has 5 heteroatoms. The van der Waals surface area contributed by atoms with Crippen molar-refractivity contribution in [1.29, 1.82) is 0 Å². The largest absolute Gasteiger partial charge is 0.256 e. The third-order valence-corrected chi connectivity index (χ3v) is 3.08. The van der Waals surface area contributed by atoms with E-state index in [0.717, 1.165) is 17.5 Å². The fraction of sp³-hybridized carbons (Fsp3) is 0.0909. The van der Waals surface area contributed by atoms with Gasteiger partial charge in [-0.15, -0.1) is 0 Å². The Balaban J connectivity index is 2.41. The van der Waals surface area contributed by atoms with Gasteiger partial charge in [-0.05, 0) is 24.3 Å². The molecule has 0 spiro atoms. The number of rotatable bonds is 2. The van der Waals surface area contributed by atoms with Crippen LogP contribution in [-0.2, 0) is 9.84 Å². The van der Waals surface area contributed by atoms with Crippen molar-refractivity contribution >= 4 is 9.84 Å². The number of pyridine rings is 2. The van der Waals surface area contributed by atoms with E-state index in [1.807, 2.05) is 18.2 Å². The summed E-state index contributed by atoms with van der Waals surface area (Å²) in [5, 5.41) is 0.0761. The van der Waals surface area contributed by atoms with Gasteiger partial charge in [0, 0.05) is 24.2 Å². The first-order valence-corrected chi connectivity index (χ1v) is 6.54. The fourth-order valence-electron chi connectivity index (χ4n) is 1.28. The van der Waals surface area contributed by atoms with Crippen LogP contribution >= 0.6 is 0 Å². The third kappa shape index (κ3) is 2.25. The minimum atomic E-state index is -3.23. The van der Waals surface area contributed by atoms with Crippen molar-refractivity contribution in [3.8, 4) is 11.3 Å². The zero-order valence-electron chi connectivity index (χ0n) is 8.66. The lowest BCUT2D eigenvalue weighted by molar-refractivity contribution is 0.598. The molecule has 2 heterocycles. The first-order chi connectivity index (χ1) is 7.57. The van der Waals surface area contributed by atoms with Crippen LogP contribution in [0.4, 0.5) is 0 Å². The molecule has 0 atom stereocenters. The van der Waals surface area contributed by atoms with Crippen molar-refractivity contribution in [2.24, 2.45) is 0 Å². The van der Waals surface area contributed by atoms with E-state index in [-0.39, 0.29) is 5.03 Å². The first kappa shape index (κ1) is 10.8. The van der Waals surface area contributed by atoms with Crippen LogP contribution in [0.5, 0.6) is 0 Å². The second-order valence-electron chi connectivity index (χ2n) is 3.37. The summed E-state index contributed by atoms with van der Waals surface area (Å²) in [5.74, 6) is 0. The smallest absolute Gasteiger partial charge is 0.192 e. The summed E-state index contributed by atoms with van der Waals surface area (Å²) in [6.45, 7) is 0. The Morgan fingerprint density at radius 3 is 2.38 bits per heavy atom. The highest BCUT2D eigenvalue weighted by Gasteiger charge is 2.08. The molecule has 16 heavy (non-hydrogen) atoms. The van der Waals surface area contributed by atoms with Crippen LogP contribution < -0.4 is 0 Å². The summed E-state index contributed by atoms with van der Waals surface area (Å²) in [6, 6.07) is 8.72. The highest BCUT2D eigenvalue weighted by molar-refractivity contribution is 7.90. The summed E-state index contributed by atoms with van der Waals surface area (Å²) in [7, 11) is -3.23. The van der Waals surface area contributed by atoms with E-state index in [1.165, 1.54) is 12.3 Å². The summed E-state index contributed by atoms with van der Waals surface area (Å²) in [6.07, 6.45) is 4.33. The van der Waals surface area contributed by atoms with Crippen molar-refractivity contribution in [3.63, 3.8) is 0 Å². The minimum absolute atomic E-state index is 0.0761. The average molecular weight is 234 g/mol. The molecule has 0 aliphatic rings. The number of sulfone groups is 1. The van der Waals surface area contributed by atoms with E-state index < -0.39 is 9.84 Å². The molecule has 0 radical (unpaired) electrons. The summed E-state index contributed by atoms with van der Waals surface area (Å²) < 4.78 is 22.4. The summed E-state index contributed by atoms with van der Waals surface area (Å²) in [4.78, 5) is 8.05. The zero-order valence-corrected chi connectivity index (χ0v) is 9.48. The molecule has 4 nitrogen and oxygen atoms in total. The van der Waals surface area contributed by atoms with E-state index in [4.69, 9.17) is 0 Å². The van der Waals surface area contributed by atoms with Gasteiger partial charge in [0.05, 0.1) is 5.69 Å². The predicted octanol–water partition coefficient (Wildman–Crippen LogP) is 1.55. The molecule has 0 aliphatic heterocycles. The molecule has 0 amide bonds. The van der Waals surface area contributed by atoms with Gasteiger partial charge in [-0.3, -0.25) is 4.98 Å². The second-order valence-corrected chi connectivity index (χ2v) is 5.33. The molecule has 0 bridgehead atoms. The number of hydrogen-bond donors (Lipinski definition) is 0. The van der Waals surface area contributed by atoms with E-state index in [9.17, 15) is 8.42 Å². The lowest BCUT2D eigenvalue weighted by Crippen LogP contribution is -1.99. The van der Waals surface area contributed by atoms with Crippen LogP contribution in [0, 0.1) is 0 Å². The van der Waals surface area contributed by atoms with Crippen LogP contribution in [0.2, 0.25) is 0 Å². The molecule has 82 valence electrons. The maximum Gasteiger partial charge on any atom is 0.192 e. The molecular weight excluding hydrogens is 224 g/mol. The van der Waals surface area contributed by atoms with E-state index >= 15 is 0 Å². The van der Waals surface area contributed by atoms with Crippen molar-refractivity contribution in [2.75, 3.05) is 6.26 Å². The van der Waals surface area contributed by atoms with Crippen molar-refractivity contribution in [2.45, 2.75) is 5.03 Å². The highest BCUT2D eigenvalue weighted by Crippen LogP contribution is 2.16. The van der Waals surface area contributed by atoms with Crippen LogP contribution in [0.3, 0.4) is 0 Å². The second kappa shape index (κ2) is 4.02. The summed E-state index contributed by atoms with van der Waals surface area (Å²) in [5.41, 5.74) is 1.57. The molecule has 2 aromatic heterocycles. The summed E-state index contributed by atoms with van der Waals surface area (Å²) >= 11 is 0. The minimum Gasteiger partial charge on any atom is -0.256 e. The zero-order chi connectivity index (χ0) is 11.6. The quantitative estimate of drug-likeness (QED) is 0.791. The average Bonchev–Trinajstić information content (AvgIpc) is 2.29. The Morgan fingerprint density at radius 1 is 1.06 bits per heavy atom. The van der Waals surface area contributed by atoms with Crippen molar-refractivity contribution < 1.29 is 8.42 Å². The Morgan fingerprint density at radius 2 is 1.88 bits per heavy atom. The van der Waals surface area contributed by atoms with Gasteiger partial charge in [-0.25, -0.2) is 13.4 Å². The Kier molecular flexibility index (Phi) is 2.70. The van der Waals surface area contributed by atoms with Gasteiger partial charge in [0.1, 0.15) is 0 Å². The van der Waals surface area contributed by atoms with Gasteiger partial charge in [0.25, 0.3) is 0 Å². The number of nitrogens with zero attached hydrogens (tertiary/aromatic N) is 2. The first-order valence-electron chi connectivity index (χ1n) is 4.65. The monoisotopic (exact) mass is 234 g/mol. The molecular formula is C11H10N2O2S. The van der Waals surface area contributed by atoms with Gasteiger partial charge in [0.2, 0.25) is 0 Å².